The van der Waals surface area contributed by atoms with Gasteiger partial charge in [-0.25, -0.2) is 0 Å². The summed E-state index contributed by atoms with van der Waals surface area (Å²) in [6.45, 7) is 1.44. The highest BCUT2D eigenvalue weighted by Gasteiger charge is 2.31. The summed E-state index contributed by atoms with van der Waals surface area (Å²) < 4.78 is 46.9. The quantitative estimate of drug-likeness (QED) is 0.618. The monoisotopic (exact) mass is 262 g/mol. The second kappa shape index (κ2) is 5.49. The zero-order chi connectivity index (χ0) is 13.9. The van der Waals surface area contributed by atoms with Crippen LogP contribution in [0.25, 0.3) is 0 Å². The number of rotatable bonds is 4. The lowest BCUT2D eigenvalue weighted by atomic mass is 10.0. The topological polar surface area (TPSA) is 35.5 Å². The molecular formula is C12H13F3O3. The van der Waals surface area contributed by atoms with Gasteiger partial charge in [-0.05, 0) is 24.6 Å². The van der Waals surface area contributed by atoms with Crippen LogP contribution < -0.4 is 0 Å². The fraction of sp³-hybridized carbons (Fsp3) is 0.417. The predicted octanol–water partition coefficient (Wildman–Crippen LogP) is 2.82. The van der Waals surface area contributed by atoms with Crippen LogP contribution >= 0.6 is 0 Å². The van der Waals surface area contributed by atoms with Gasteiger partial charge < -0.3 is 9.47 Å². The van der Waals surface area contributed by atoms with Gasteiger partial charge >= 0.3 is 6.18 Å². The Balaban J connectivity index is 3.10. The predicted molar refractivity (Wildman–Crippen MR) is 58.3 cm³/mol. The van der Waals surface area contributed by atoms with Crippen molar-refractivity contribution in [1.82, 2.24) is 0 Å². The van der Waals surface area contributed by atoms with Crippen LogP contribution in [0, 0.1) is 6.92 Å². The highest BCUT2D eigenvalue weighted by molar-refractivity contribution is 5.99. The van der Waals surface area contributed by atoms with Crippen molar-refractivity contribution in [3.8, 4) is 0 Å². The number of carbonyl (C=O) groups excluding carboxylic acids is 1. The lowest BCUT2D eigenvalue weighted by Gasteiger charge is -2.15. The van der Waals surface area contributed by atoms with Crippen LogP contribution in [0.4, 0.5) is 13.2 Å². The molecular weight excluding hydrogens is 249 g/mol. The third-order valence-corrected chi connectivity index (χ3v) is 2.46. The van der Waals surface area contributed by atoms with Gasteiger partial charge in [0.15, 0.2) is 0 Å². The first-order valence-corrected chi connectivity index (χ1v) is 5.09. The van der Waals surface area contributed by atoms with E-state index < -0.39 is 23.8 Å². The molecule has 100 valence electrons. The molecule has 0 amide bonds. The number of alkyl halides is 3. The molecule has 0 bridgehead atoms. The molecule has 0 fully saturated rings. The van der Waals surface area contributed by atoms with E-state index in [-0.39, 0.29) is 11.1 Å². The van der Waals surface area contributed by atoms with E-state index in [0.29, 0.717) is 0 Å². The van der Waals surface area contributed by atoms with Crippen LogP contribution in [0.2, 0.25) is 0 Å². The number of Topliss-reactive ketones (excluding diaryl/α,β-unsaturated/α-hetero) is 1. The maximum absolute atomic E-state index is 12.5. The summed E-state index contributed by atoms with van der Waals surface area (Å²) in [5.74, 6) is -0.508. The van der Waals surface area contributed by atoms with Crippen molar-refractivity contribution < 1.29 is 27.4 Å². The number of halogens is 3. The molecule has 0 aromatic heterocycles. The number of benzene rings is 1. The van der Waals surface area contributed by atoms with Gasteiger partial charge in [0.2, 0.25) is 12.1 Å². The molecule has 18 heavy (non-hydrogen) atoms. The van der Waals surface area contributed by atoms with Crippen molar-refractivity contribution in [1.29, 1.82) is 0 Å². The SMILES string of the molecule is COC(OC)C(=O)c1ccc(C(F)(F)F)cc1C. The van der Waals surface area contributed by atoms with Gasteiger partial charge in [0.1, 0.15) is 0 Å². The smallest absolute Gasteiger partial charge is 0.349 e. The fourth-order valence-electron chi connectivity index (χ4n) is 1.55. The molecule has 0 radical (unpaired) electrons. The molecule has 0 spiro atoms. The van der Waals surface area contributed by atoms with Crippen LogP contribution in [0.5, 0.6) is 0 Å². The number of ether oxygens (including phenoxy) is 2. The van der Waals surface area contributed by atoms with Gasteiger partial charge in [0.05, 0.1) is 5.56 Å². The maximum Gasteiger partial charge on any atom is 0.416 e. The first-order valence-electron chi connectivity index (χ1n) is 5.09. The molecule has 0 saturated heterocycles. The number of hydrogen-bond donors (Lipinski definition) is 0. The minimum atomic E-state index is -4.42. The number of ketones is 1. The third-order valence-electron chi connectivity index (χ3n) is 2.46. The maximum atomic E-state index is 12.5. The summed E-state index contributed by atoms with van der Waals surface area (Å²) in [4.78, 5) is 11.9. The van der Waals surface area contributed by atoms with Crippen LogP contribution in [0.3, 0.4) is 0 Å². The molecule has 6 heteroatoms. The van der Waals surface area contributed by atoms with Crippen molar-refractivity contribution in [2.75, 3.05) is 14.2 Å². The number of aryl methyl sites for hydroxylation is 1. The van der Waals surface area contributed by atoms with Crippen LogP contribution in [-0.2, 0) is 15.7 Å². The van der Waals surface area contributed by atoms with Gasteiger partial charge in [-0.2, -0.15) is 13.2 Å². The molecule has 0 aliphatic heterocycles. The van der Waals surface area contributed by atoms with Crippen molar-refractivity contribution in [2.45, 2.75) is 19.4 Å². The Morgan fingerprint density at radius 2 is 1.78 bits per heavy atom. The zero-order valence-corrected chi connectivity index (χ0v) is 10.2. The average molecular weight is 262 g/mol. The Labute approximate surface area is 103 Å². The van der Waals surface area contributed by atoms with Crippen molar-refractivity contribution in [3.05, 3.63) is 34.9 Å². The van der Waals surface area contributed by atoms with E-state index in [1.165, 1.54) is 21.1 Å². The molecule has 0 unspecified atom stereocenters. The van der Waals surface area contributed by atoms with E-state index in [1.807, 2.05) is 0 Å². The highest BCUT2D eigenvalue weighted by Crippen LogP contribution is 2.30. The summed E-state index contributed by atoms with van der Waals surface area (Å²) in [5, 5.41) is 0. The van der Waals surface area contributed by atoms with E-state index >= 15 is 0 Å². The Kier molecular flexibility index (Phi) is 4.48. The van der Waals surface area contributed by atoms with Crippen molar-refractivity contribution in [2.24, 2.45) is 0 Å². The first-order chi connectivity index (χ1) is 8.31. The Morgan fingerprint density at radius 1 is 1.22 bits per heavy atom. The van der Waals surface area contributed by atoms with Gasteiger partial charge in [0, 0.05) is 19.8 Å². The number of hydrogen-bond acceptors (Lipinski definition) is 3. The summed E-state index contributed by atoms with van der Waals surface area (Å²) in [6, 6.07) is 2.92. The van der Waals surface area contributed by atoms with Gasteiger partial charge in [-0.1, -0.05) is 6.07 Å². The summed E-state index contributed by atoms with van der Waals surface area (Å²) in [6.07, 6.45) is -5.53. The minimum Gasteiger partial charge on any atom is -0.349 e. The molecule has 0 N–H and O–H groups in total. The molecule has 1 aromatic carbocycles. The number of methoxy groups -OCH3 is 2. The van der Waals surface area contributed by atoms with E-state index in [0.717, 1.165) is 18.2 Å². The van der Waals surface area contributed by atoms with Gasteiger partial charge in [-0.15, -0.1) is 0 Å². The van der Waals surface area contributed by atoms with E-state index in [9.17, 15) is 18.0 Å². The Morgan fingerprint density at radius 3 is 2.17 bits per heavy atom. The highest BCUT2D eigenvalue weighted by atomic mass is 19.4. The van der Waals surface area contributed by atoms with Gasteiger partial charge in [-0.3, -0.25) is 4.79 Å². The van der Waals surface area contributed by atoms with E-state index in [2.05, 4.69) is 0 Å². The Bertz CT molecular complexity index is 437. The van der Waals surface area contributed by atoms with E-state index in [1.54, 1.807) is 0 Å². The van der Waals surface area contributed by atoms with Crippen LogP contribution in [-0.4, -0.2) is 26.3 Å². The Hall–Kier alpha value is -1.40. The van der Waals surface area contributed by atoms with E-state index in [4.69, 9.17) is 9.47 Å². The zero-order valence-electron chi connectivity index (χ0n) is 10.2. The first kappa shape index (κ1) is 14.7. The molecule has 1 aromatic rings. The molecule has 0 aliphatic rings. The largest absolute Gasteiger partial charge is 0.416 e. The molecule has 0 heterocycles. The van der Waals surface area contributed by atoms with Crippen molar-refractivity contribution in [3.63, 3.8) is 0 Å². The normalized spacial score (nSPS) is 11.9. The lowest BCUT2D eigenvalue weighted by molar-refractivity contribution is -0.137. The molecule has 0 saturated carbocycles. The molecule has 3 nitrogen and oxygen atoms in total. The van der Waals surface area contributed by atoms with Gasteiger partial charge in [0.25, 0.3) is 0 Å². The van der Waals surface area contributed by atoms with Crippen molar-refractivity contribution >= 4 is 5.78 Å². The fourth-order valence-corrected chi connectivity index (χ4v) is 1.55. The summed E-state index contributed by atoms with van der Waals surface area (Å²) in [5.41, 5.74) is -0.409. The second-order valence-corrected chi connectivity index (χ2v) is 3.70. The average Bonchev–Trinajstić information content (AvgIpc) is 2.29. The standard InChI is InChI=1S/C12H13F3O3/c1-7-6-8(12(13,14)15)4-5-9(7)10(16)11(17-2)18-3/h4-6,11H,1-3H3. The molecule has 0 aliphatic carbocycles. The molecule has 0 atom stereocenters. The lowest BCUT2D eigenvalue weighted by Crippen LogP contribution is -2.25. The second-order valence-electron chi connectivity index (χ2n) is 3.70. The summed E-state index contributed by atoms with van der Waals surface area (Å²) in [7, 11) is 2.57. The number of carbonyl (C=O) groups is 1. The summed E-state index contributed by atoms with van der Waals surface area (Å²) >= 11 is 0. The molecule has 1 rings (SSSR count). The van der Waals surface area contributed by atoms with Crippen LogP contribution in [0.1, 0.15) is 21.5 Å². The minimum absolute atomic E-state index is 0.150. The third kappa shape index (κ3) is 3.08. The van der Waals surface area contributed by atoms with Crippen LogP contribution in [0.15, 0.2) is 18.2 Å².